The molecule has 0 bridgehead atoms. The number of nitrogens with zero attached hydrogens (tertiary/aromatic N) is 4. The Morgan fingerprint density at radius 3 is 2.55 bits per heavy atom. The van der Waals surface area contributed by atoms with Crippen LogP contribution in [0.3, 0.4) is 0 Å². The predicted molar refractivity (Wildman–Crippen MR) is 118 cm³/mol. The normalized spacial score (nSPS) is 22.0. The van der Waals surface area contributed by atoms with E-state index < -0.39 is 36.5 Å². The van der Waals surface area contributed by atoms with Crippen molar-refractivity contribution < 1.29 is 23.8 Å². The monoisotopic (exact) mass is 449 g/mol. The van der Waals surface area contributed by atoms with Crippen molar-refractivity contribution in [2.45, 2.75) is 44.8 Å². The van der Waals surface area contributed by atoms with E-state index in [9.17, 15) is 9.59 Å². The van der Waals surface area contributed by atoms with Crippen LogP contribution in [0.5, 0.6) is 0 Å². The minimum atomic E-state index is -0.977. The third-order valence-electron chi connectivity index (χ3n) is 5.14. The van der Waals surface area contributed by atoms with E-state index >= 15 is 0 Å². The molecule has 4 atom stereocenters. The van der Waals surface area contributed by atoms with Crippen molar-refractivity contribution in [2.24, 2.45) is 0 Å². The topological polar surface area (TPSA) is 117 Å². The minimum Gasteiger partial charge on any atom is -0.455 e. The third kappa shape index (κ3) is 4.78. The van der Waals surface area contributed by atoms with Crippen LogP contribution < -0.4 is 5.32 Å². The fourth-order valence-corrected chi connectivity index (χ4v) is 3.77. The Bertz CT molecular complexity index is 1190. The van der Waals surface area contributed by atoms with E-state index in [0.717, 1.165) is 6.42 Å². The molecule has 3 heterocycles. The number of benzene rings is 1. The lowest BCUT2D eigenvalue weighted by atomic mass is 10.1. The lowest BCUT2D eigenvalue weighted by molar-refractivity contribution is -0.165. The first-order chi connectivity index (χ1) is 16.0. The summed E-state index contributed by atoms with van der Waals surface area (Å²) in [6, 6.07) is 10.1. The number of imidazole rings is 1. The number of anilines is 1. The second kappa shape index (κ2) is 9.67. The van der Waals surface area contributed by atoms with Crippen LogP contribution in [0.15, 0.2) is 43.0 Å². The molecule has 170 valence electrons. The molecule has 3 aromatic rings. The molecule has 33 heavy (non-hydrogen) atoms. The number of carbonyl (C=O) groups is 2. The molecule has 4 rings (SSSR count). The van der Waals surface area contributed by atoms with Gasteiger partial charge < -0.3 is 19.5 Å². The van der Waals surface area contributed by atoms with Crippen LogP contribution >= 0.6 is 0 Å². The van der Waals surface area contributed by atoms with Crippen LogP contribution in [0.1, 0.15) is 25.6 Å². The standard InChI is InChI=1S/C23H23N5O5/c1-4-17-19(31-14(2)29)20(32-15(3)30)23(33-17)28-13-27-18-21(25-12-26-22(18)28)24-11-10-16-8-6-5-7-9-16/h1,5-9,12-13,17,19-20,23H,10-11H2,2-3H3,(H,24,25,26)/t17-,19-,20-,23-/m1/s1. The summed E-state index contributed by atoms with van der Waals surface area (Å²) >= 11 is 0. The molecule has 1 aliphatic rings. The Morgan fingerprint density at radius 2 is 1.85 bits per heavy atom. The molecule has 0 saturated carbocycles. The maximum Gasteiger partial charge on any atom is 0.303 e. The van der Waals surface area contributed by atoms with Crippen LogP contribution in [0.4, 0.5) is 5.82 Å². The first-order valence-corrected chi connectivity index (χ1v) is 10.4. The van der Waals surface area contributed by atoms with Crippen LogP contribution in [0.2, 0.25) is 0 Å². The van der Waals surface area contributed by atoms with Gasteiger partial charge >= 0.3 is 11.9 Å². The summed E-state index contributed by atoms with van der Waals surface area (Å²) in [6.07, 6.45) is 5.55. The lowest BCUT2D eigenvalue weighted by Crippen LogP contribution is -2.38. The zero-order chi connectivity index (χ0) is 23.4. The van der Waals surface area contributed by atoms with E-state index in [2.05, 4.69) is 38.3 Å². The number of esters is 2. The average molecular weight is 449 g/mol. The largest absolute Gasteiger partial charge is 0.455 e. The van der Waals surface area contributed by atoms with Crippen molar-refractivity contribution in [3.05, 3.63) is 48.5 Å². The fourth-order valence-electron chi connectivity index (χ4n) is 3.77. The number of terminal acetylenes is 1. The van der Waals surface area contributed by atoms with Gasteiger partial charge in [0.25, 0.3) is 0 Å². The molecule has 1 aromatic carbocycles. The Balaban J connectivity index is 1.60. The SMILES string of the molecule is C#C[C@H]1O[C@@H](n2cnc3c(NCCc4ccccc4)ncnc32)[C@H](OC(C)=O)[C@@H]1OC(C)=O. The van der Waals surface area contributed by atoms with E-state index in [4.69, 9.17) is 20.6 Å². The highest BCUT2D eigenvalue weighted by atomic mass is 16.6. The van der Waals surface area contributed by atoms with Crippen molar-refractivity contribution in [3.8, 4) is 12.3 Å². The third-order valence-corrected chi connectivity index (χ3v) is 5.14. The Morgan fingerprint density at radius 1 is 1.12 bits per heavy atom. The van der Waals surface area contributed by atoms with E-state index in [1.165, 1.54) is 32.1 Å². The number of aromatic nitrogens is 4. The van der Waals surface area contributed by atoms with Crippen molar-refractivity contribution in [2.75, 3.05) is 11.9 Å². The van der Waals surface area contributed by atoms with Gasteiger partial charge in [0.2, 0.25) is 0 Å². The molecule has 2 aromatic heterocycles. The molecule has 1 fully saturated rings. The van der Waals surface area contributed by atoms with Gasteiger partial charge in [-0.15, -0.1) is 6.42 Å². The Labute approximate surface area is 190 Å². The fraction of sp³-hybridized carbons (Fsp3) is 0.348. The van der Waals surface area contributed by atoms with Crippen LogP contribution in [-0.2, 0) is 30.2 Å². The first-order valence-electron chi connectivity index (χ1n) is 10.4. The average Bonchev–Trinajstić information content (AvgIpc) is 3.36. The molecule has 0 radical (unpaired) electrons. The number of hydrogen-bond donors (Lipinski definition) is 1. The summed E-state index contributed by atoms with van der Waals surface area (Å²) in [5, 5.41) is 3.28. The van der Waals surface area contributed by atoms with Gasteiger partial charge in [-0.3, -0.25) is 14.2 Å². The molecule has 1 aliphatic heterocycles. The maximum absolute atomic E-state index is 11.8. The van der Waals surface area contributed by atoms with Crippen LogP contribution in [-0.4, -0.2) is 56.3 Å². The summed E-state index contributed by atoms with van der Waals surface area (Å²) in [6.45, 7) is 3.15. The smallest absolute Gasteiger partial charge is 0.303 e. The summed E-state index contributed by atoms with van der Waals surface area (Å²) in [4.78, 5) is 36.4. The molecule has 0 unspecified atom stereocenters. The molecule has 0 spiro atoms. The van der Waals surface area contributed by atoms with Gasteiger partial charge in [0.05, 0.1) is 6.33 Å². The van der Waals surface area contributed by atoms with Crippen LogP contribution in [0.25, 0.3) is 11.2 Å². The number of ether oxygens (including phenoxy) is 3. The second-order valence-corrected chi connectivity index (χ2v) is 7.47. The highest BCUT2D eigenvalue weighted by molar-refractivity contribution is 5.82. The van der Waals surface area contributed by atoms with Crippen molar-refractivity contribution >= 4 is 28.9 Å². The number of hydrogen-bond acceptors (Lipinski definition) is 9. The van der Waals surface area contributed by atoms with Gasteiger partial charge in [-0.05, 0) is 12.0 Å². The second-order valence-electron chi connectivity index (χ2n) is 7.47. The molecule has 10 heteroatoms. The molecule has 1 saturated heterocycles. The molecule has 0 amide bonds. The van der Waals surface area contributed by atoms with Gasteiger partial charge in [-0.25, -0.2) is 15.0 Å². The highest BCUT2D eigenvalue weighted by Crippen LogP contribution is 2.35. The molecular weight excluding hydrogens is 426 g/mol. The molecule has 10 nitrogen and oxygen atoms in total. The summed E-state index contributed by atoms with van der Waals surface area (Å²) in [7, 11) is 0. The van der Waals surface area contributed by atoms with Crippen LogP contribution in [0, 0.1) is 12.3 Å². The highest BCUT2D eigenvalue weighted by Gasteiger charge is 2.50. The summed E-state index contributed by atoms with van der Waals surface area (Å²) in [5.41, 5.74) is 2.17. The lowest BCUT2D eigenvalue weighted by Gasteiger charge is -2.23. The van der Waals surface area contributed by atoms with Crippen molar-refractivity contribution in [1.82, 2.24) is 19.5 Å². The van der Waals surface area contributed by atoms with Gasteiger partial charge in [0, 0.05) is 20.4 Å². The van der Waals surface area contributed by atoms with Gasteiger partial charge in [0.1, 0.15) is 6.33 Å². The summed E-state index contributed by atoms with van der Waals surface area (Å²) in [5.74, 6) is 1.88. The Hall–Kier alpha value is -3.97. The van der Waals surface area contributed by atoms with Gasteiger partial charge in [-0.2, -0.15) is 0 Å². The van der Waals surface area contributed by atoms with Gasteiger partial charge in [0.15, 0.2) is 41.5 Å². The minimum absolute atomic E-state index is 0.452. The summed E-state index contributed by atoms with van der Waals surface area (Å²) < 4.78 is 18.3. The van der Waals surface area contributed by atoms with E-state index in [-0.39, 0.29) is 0 Å². The van der Waals surface area contributed by atoms with Crippen molar-refractivity contribution in [1.29, 1.82) is 0 Å². The number of nitrogens with one attached hydrogen (secondary N) is 1. The molecular formula is C23H23N5O5. The number of carbonyl (C=O) groups excluding carboxylic acids is 2. The number of rotatable bonds is 7. The van der Waals surface area contributed by atoms with E-state index in [1.807, 2.05) is 18.2 Å². The maximum atomic E-state index is 11.8. The van der Waals surface area contributed by atoms with E-state index in [0.29, 0.717) is 23.5 Å². The quantitative estimate of drug-likeness (QED) is 0.426. The van der Waals surface area contributed by atoms with Gasteiger partial charge in [-0.1, -0.05) is 36.3 Å². The van der Waals surface area contributed by atoms with Crippen molar-refractivity contribution in [3.63, 3.8) is 0 Å². The zero-order valence-electron chi connectivity index (χ0n) is 18.2. The van der Waals surface area contributed by atoms with E-state index in [1.54, 1.807) is 4.57 Å². The molecule has 0 aliphatic carbocycles. The first kappa shape index (κ1) is 22.2. The molecule has 1 N–H and O–H groups in total. The zero-order valence-corrected chi connectivity index (χ0v) is 18.2. The Kier molecular flexibility index (Phi) is 6.51. The predicted octanol–water partition coefficient (Wildman–Crippen LogP) is 1.87. The number of fused-ring (bicyclic) bond motifs is 1.